The molecule has 1 aliphatic rings. The molecule has 2 N–H and O–H groups in total. The molecule has 84 valence electrons. The van der Waals surface area contributed by atoms with E-state index in [0.29, 0.717) is 6.54 Å². The number of nitrogens with zero attached hydrogens (tertiary/aromatic N) is 1. The Morgan fingerprint density at radius 2 is 2.47 bits per heavy atom. The fraction of sp³-hybridized carbons (Fsp3) is 0.556. The van der Waals surface area contributed by atoms with Crippen LogP contribution in [0.15, 0.2) is 6.20 Å². The van der Waals surface area contributed by atoms with E-state index in [9.17, 15) is 4.79 Å². The van der Waals surface area contributed by atoms with Gasteiger partial charge in [0.05, 0.1) is 17.5 Å². The smallest absolute Gasteiger partial charge is 0.225 e. The highest BCUT2D eigenvalue weighted by Gasteiger charge is 2.24. The van der Waals surface area contributed by atoms with Crippen LogP contribution in [0.3, 0.4) is 0 Å². The number of amides is 1. The van der Waals surface area contributed by atoms with Crippen molar-refractivity contribution >= 4 is 29.7 Å². The predicted octanol–water partition coefficient (Wildman–Crippen LogP) is 0.709. The van der Waals surface area contributed by atoms with Crippen molar-refractivity contribution in [3.8, 4) is 0 Å². The zero-order chi connectivity index (χ0) is 9.97. The minimum absolute atomic E-state index is 0. The van der Waals surface area contributed by atoms with Crippen LogP contribution in [-0.4, -0.2) is 24.0 Å². The molecule has 0 bridgehead atoms. The van der Waals surface area contributed by atoms with E-state index in [4.69, 9.17) is 0 Å². The summed E-state index contributed by atoms with van der Waals surface area (Å²) in [4.78, 5) is 16.7. The molecule has 0 aliphatic carbocycles. The highest BCUT2D eigenvalue weighted by Crippen LogP contribution is 2.11. The molecule has 0 radical (unpaired) electrons. The number of aromatic nitrogens is 1. The fourth-order valence-corrected chi connectivity index (χ4v) is 2.01. The maximum absolute atomic E-state index is 11.4. The largest absolute Gasteiger partial charge is 0.351 e. The Balaban J connectivity index is 0.00000112. The topological polar surface area (TPSA) is 54.0 Å². The molecule has 0 spiro atoms. The quantitative estimate of drug-likeness (QED) is 0.827. The van der Waals surface area contributed by atoms with E-state index in [1.54, 1.807) is 11.3 Å². The first-order valence-corrected chi connectivity index (χ1v) is 5.47. The van der Waals surface area contributed by atoms with Crippen LogP contribution in [0.5, 0.6) is 0 Å². The molecule has 1 aliphatic heterocycles. The molecule has 4 nitrogen and oxygen atoms in total. The summed E-state index contributed by atoms with van der Waals surface area (Å²) in [7, 11) is 0. The van der Waals surface area contributed by atoms with Crippen molar-refractivity contribution in [2.75, 3.05) is 13.1 Å². The lowest BCUT2D eigenvalue weighted by molar-refractivity contribution is -0.126. The highest BCUT2D eigenvalue weighted by molar-refractivity contribution is 7.11. The third kappa shape index (κ3) is 3.15. The number of halogens is 1. The van der Waals surface area contributed by atoms with Crippen molar-refractivity contribution in [1.82, 2.24) is 15.6 Å². The number of aryl methyl sites for hydroxylation is 1. The van der Waals surface area contributed by atoms with Crippen molar-refractivity contribution < 1.29 is 4.79 Å². The lowest BCUT2D eigenvalue weighted by Crippen LogP contribution is -2.50. The van der Waals surface area contributed by atoms with E-state index in [-0.39, 0.29) is 24.2 Å². The Hall–Kier alpha value is -0.650. The van der Waals surface area contributed by atoms with Gasteiger partial charge in [0.1, 0.15) is 0 Å². The molecule has 2 rings (SSSR count). The highest BCUT2D eigenvalue weighted by atomic mass is 35.5. The molecule has 0 saturated carbocycles. The molecule has 1 saturated heterocycles. The Morgan fingerprint density at radius 1 is 1.73 bits per heavy atom. The number of carbonyl (C=O) groups is 1. The summed E-state index contributed by atoms with van der Waals surface area (Å²) in [5.41, 5.74) is 0. The lowest BCUT2D eigenvalue weighted by atomic mass is 10.0. The van der Waals surface area contributed by atoms with Gasteiger partial charge in [-0.05, 0) is 6.92 Å². The van der Waals surface area contributed by atoms with E-state index in [1.807, 2.05) is 13.1 Å². The second-order valence-corrected chi connectivity index (χ2v) is 4.74. The molecule has 1 aromatic heterocycles. The Morgan fingerprint density at radius 3 is 2.93 bits per heavy atom. The lowest BCUT2D eigenvalue weighted by Gasteiger charge is -2.25. The van der Waals surface area contributed by atoms with Gasteiger partial charge in [0.2, 0.25) is 5.91 Å². The standard InChI is InChI=1S/C9H13N3OS.ClH/c1-6-11-4-8(14-6)5-12-9(13)7-2-10-3-7;/h4,7,10H,2-3,5H2,1H3,(H,12,13);1H. The van der Waals surface area contributed by atoms with Crippen LogP contribution in [0.4, 0.5) is 0 Å². The second-order valence-electron chi connectivity index (χ2n) is 3.42. The van der Waals surface area contributed by atoms with Crippen LogP contribution >= 0.6 is 23.7 Å². The summed E-state index contributed by atoms with van der Waals surface area (Å²) in [6.45, 7) is 4.20. The number of hydrogen-bond donors (Lipinski definition) is 2. The number of rotatable bonds is 3. The van der Waals surface area contributed by atoms with Crippen molar-refractivity contribution in [2.45, 2.75) is 13.5 Å². The molecule has 1 amide bonds. The van der Waals surface area contributed by atoms with Crippen LogP contribution < -0.4 is 10.6 Å². The predicted molar refractivity (Wildman–Crippen MR) is 62.3 cm³/mol. The molecule has 0 aromatic carbocycles. The van der Waals surface area contributed by atoms with Gasteiger partial charge in [0.25, 0.3) is 0 Å². The third-order valence-corrected chi connectivity index (χ3v) is 3.17. The van der Waals surface area contributed by atoms with Gasteiger partial charge < -0.3 is 10.6 Å². The number of nitrogens with one attached hydrogen (secondary N) is 2. The van der Waals surface area contributed by atoms with Gasteiger partial charge in [-0.1, -0.05) is 0 Å². The Bertz CT molecular complexity index is 338. The van der Waals surface area contributed by atoms with Gasteiger partial charge in [-0.2, -0.15) is 0 Å². The van der Waals surface area contributed by atoms with E-state index in [2.05, 4.69) is 15.6 Å². The maximum Gasteiger partial charge on any atom is 0.225 e. The van der Waals surface area contributed by atoms with Gasteiger partial charge in [-0.25, -0.2) is 4.98 Å². The van der Waals surface area contributed by atoms with E-state index in [0.717, 1.165) is 23.0 Å². The summed E-state index contributed by atoms with van der Waals surface area (Å²) in [6, 6.07) is 0. The summed E-state index contributed by atoms with van der Waals surface area (Å²) in [6.07, 6.45) is 1.82. The molecule has 6 heteroatoms. The summed E-state index contributed by atoms with van der Waals surface area (Å²) >= 11 is 1.63. The molecule has 15 heavy (non-hydrogen) atoms. The fourth-order valence-electron chi connectivity index (χ4n) is 1.28. The summed E-state index contributed by atoms with van der Waals surface area (Å²) in [5, 5.41) is 7.02. The van der Waals surface area contributed by atoms with Crippen LogP contribution in [0, 0.1) is 12.8 Å². The summed E-state index contributed by atoms with van der Waals surface area (Å²) in [5.74, 6) is 0.318. The number of thiazole rings is 1. The zero-order valence-corrected chi connectivity index (χ0v) is 10.1. The zero-order valence-electron chi connectivity index (χ0n) is 8.45. The second kappa shape index (κ2) is 5.44. The van der Waals surface area contributed by atoms with E-state index >= 15 is 0 Å². The number of carbonyl (C=O) groups excluding carboxylic acids is 1. The number of hydrogen-bond acceptors (Lipinski definition) is 4. The van der Waals surface area contributed by atoms with Crippen molar-refractivity contribution in [3.63, 3.8) is 0 Å². The molecular weight excluding hydrogens is 234 g/mol. The summed E-state index contributed by atoms with van der Waals surface area (Å²) < 4.78 is 0. The SMILES string of the molecule is Cc1ncc(CNC(=O)C2CNC2)s1.Cl. The first-order chi connectivity index (χ1) is 6.75. The van der Waals surface area contributed by atoms with Crippen LogP contribution in [0.1, 0.15) is 9.88 Å². The van der Waals surface area contributed by atoms with Crippen LogP contribution in [-0.2, 0) is 11.3 Å². The normalized spacial score (nSPS) is 15.3. The van der Waals surface area contributed by atoms with Crippen molar-refractivity contribution in [2.24, 2.45) is 5.92 Å². The Labute approximate surface area is 98.9 Å². The molecule has 0 unspecified atom stereocenters. The van der Waals surface area contributed by atoms with Crippen molar-refractivity contribution in [1.29, 1.82) is 0 Å². The molecule has 2 heterocycles. The minimum Gasteiger partial charge on any atom is -0.351 e. The van der Waals surface area contributed by atoms with Crippen molar-refractivity contribution in [3.05, 3.63) is 16.1 Å². The van der Waals surface area contributed by atoms with Gasteiger partial charge in [0.15, 0.2) is 0 Å². The minimum atomic E-state index is 0. The molecular formula is C9H14ClN3OS. The van der Waals surface area contributed by atoms with Gasteiger partial charge in [0, 0.05) is 24.2 Å². The molecule has 1 aromatic rings. The van der Waals surface area contributed by atoms with Crippen LogP contribution in [0.25, 0.3) is 0 Å². The Kier molecular flexibility index (Phi) is 4.50. The molecule has 0 atom stereocenters. The van der Waals surface area contributed by atoms with Crippen LogP contribution in [0.2, 0.25) is 0 Å². The van der Waals surface area contributed by atoms with Gasteiger partial charge in [-0.3, -0.25) is 4.79 Å². The average molecular weight is 248 g/mol. The maximum atomic E-state index is 11.4. The van der Waals surface area contributed by atoms with Gasteiger partial charge in [-0.15, -0.1) is 23.7 Å². The molecule has 1 fully saturated rings. The first kappa shape index (κ1) is 12.4. The van der Waals surface area contributed by atoms with E-state index in [1.165, 1.54) is 0 Å². The monoisotopic (exact) mass is 247 g/mol. The first-order valence-electron chi connectivity index (χ1n) is 4.65. The van der Waals surface area contributed by atoms with E-state index < -0.39 is 0 Å². The van der Waals surface area contributed by atoms with Gasteiger partial charge >= 0.3 is 0 Å². The average Bonchev–Trinajstić information content (AvgIpc) is 2.45. The third-order valence-electron chi connectivity index (χ3n) is 2.26.